The Morgan fingerprint density at radius 2 is 2.11 bits per heavy atom. The van der Waals surface area contributed by atoms with Gasteiger partial charge >= 0.3 is 0 Å². The van der Waals surface area contributed by atoms with Crippen LogP contribution in [0, 0.1) is 6.92 Å². The smallest absolute Gasteiger partial charge is 0.253 e. The number of halogens is 1. The van der Waals surface area contributed by atoms with E-state index in [0.717, 1.165) is 4.47 Å². The fourth-order valence-electron chi connectivity index (χ4n) is 1.77. The molecule has 2 aromatic rings. The van der Waals surface area contributed by atoms with E-state index < -0.39 is 0 Å². The van der Waals surface area contributed by atoms with Crippen molar-refractivity contribution in [3.8, 4) is 5.75 Å². The van der Waals surface area contributed by atoms with E-state index in [1.54, 1.807) is 29.8 Å². The van der Waals surface area contributed by atoms with E-state index >= 15 is 0 Å². The number of rotatable bonds is 4. The van der Waals surface area contributed by atoms with Crippen molar-refractivity contribution in [3.05, 3.63) is 56.9 Å². The van der Waals surface area contributed by atoms with E-state index in [4.69, 9.17) is 10.5 Å². The van der Waals surface area contributed by atoms with Gasteiger partial charge in [-0.2, -0.15) is 0 Å². The van der Waals surface area contributed by atoms with Crippen molar-refractivity contribution in [2.45, 2.75) is 13.5 Å². The van der Waals surface area contributed by atoms with Gasteiger partial charge in [-0.25, -0.2) is 0 Å². The fraction of sp³-hybridized carbons (Fsp3) is 0.214. The van der Waals surface area contributed by atoms with Gasteiger partial charge in [-0.15, -0.1) is 0 Å². The molecule has 19 heavy (non-hydrogen) atoms. The molecule has 0 unspecified atom stereocenters. The first kappa shape index (κ1) is 13.7. The SMILES string of the molecule is Cc1cc(Br)cn(CCOc2ccccc2N)c1=O. The monoisotopic (exact) mass is 322 g/mol. The summed E-state index contributed by atoms with van der Waals surface area (Å²) < 4.78 is 8.08. The summed E-state index contributed by atoms with van der Waals surface area (Å²) in [6.07, 6.45) is 1.76. The third-order valence-electron chi connectivity index (χ3n) is 2.74. The number of anilines is 1. The molecule has 100 valence electrons. The summed E-state index contributed by atoms with van der Waals surface area (Å²) in [5, 5.41) is 0. The van der Waals surface area contributed by atoms with Crippen LogP contribution in [0.5, 0.6) is 5.75 Å². The van der Waals surface area contributed by atoms with Crippen molar-refractivity contribution in [3.63, 3.8) is 0 Å². The van der Waals surface area contributed by atoms with Crippen molar-refractivity contribution in [1.29, 1.82) is 0 Å². The first-order chi connectivity index (χ1) is 9.08. The summed E-state index contributed by atoms with van der Waals surface area (Å²) in [6.45, 7) is 2.66. The van der Waals surface area contributed by atoms with Crippen LogP contribution in [-0.4, -0.2) is 11.2 Å². The van der Waals surface area contributed by atoms with Crippen LogP contribution < -0.4 is 16.0 Å². The minimum atomic E-state index is -0.00664. The third-order valence-corrected chi connectivity index (χ3v) is 3.17. The molecule has 0 spiro atoms. The number of nitrogens with two attached hydrogens (primary N) is 1. The van der Waals surface area contributed by atoms with Gasteiger partial charge in [-0.1, -0.05) is 12.1 Å². The van der Waals surface area contributed by atoms with Crippen LogP contribution in [0.25, 0.3) is 0 Å². The summed E-state index contributed by atoms with van der Waals surface area (Å²) in [5.41, 5.74) is 7.07. The second kappa shape index (κ2) is 5.93. The van der Waals surface area contributed by atoms with E-state index in [9.17, 15) is 4.79 Å². The lowest BCUT2D eigenvalue weighted by Crippen LogP contribution is -2.24. The van der Waals surface area contributed by atoms with Gasteiger partial charge in [0.1, 0.15) is 12.4 Å². The molecule has 1 heterocycles. The third kappa shape index (κ3) is 3.38. The zero-order valence-corrected chi connectivity index (χ0v) is 12.2. The molecule has 2 N–H and O–H groups in total. The maximum atomic E-state index is 11.9. The lowest BCUT2D eigenvalue weighted by molar-refractivity contribution is 0.297. The molecule has 2 rings (SSSR count). The molecule has 0 aliphatic carbocycles. The summed E-state index contributed by atoms with van der Waals surface area (Å²) >= 11 is 3.38. The van der Waals surface area contributed by atoms with Crippen LogP contribution in [0.2, 0.25) is 0 Å². The molecule has 1 aromatic heterocycles. The Hall–Kier alpha value is -1.75. The molecule has 5 heteroatoms. The number of benzene rings is 1. The molecular formula is C14H15BrN2O2. The Morgan fingerprint density at radius 3 is 2.84 bits per heavy atom. The lowest BCUT2D eigenvalue weighted by atomic mass is 10.3. The number of aromatic nitrogens is 1. The average Bonchev–Trinajstić information content (AvgIpc) is 2.37. The van der Waals surface area contributed by atoms with E-state index in [2.05, 4.69) is 15.9 Å². The summed E-state index contributed by atoms with van der Waals surface area (Å²) in [5.74, 6) is 0.641. The van der Waals surface area contributed by atoms with Crippen LogP contribution in [0.1, 0.15) is 5.56 Å². The van der Waals surface area contributed by atoms with E-state index in [0.29, 0.717) is 30.2 Å². The highest BCUT2D eigenvalue weighted by Gasteiger charge is 2.03. The predicted molar refractivity (Wildman–Crippen MR) is 79.5 cm³/mol. The minimum Gasteiger partial charge on any atom is -0.490 e. The second-order valence-electron chi connectivity index (χ2n) is 4.23. The lowest BCUT2D eigenvalue weighted by Gasteiger charge is -2.10. The predicted octanol–water partition coefficient (Wildman–Crippen LogP) is 2.58. The first-order valence-corrected chi connectivity index (χ1v) is 6.71. The molecule has 0 amide bonds. The molecule has 0 aliphatic heterocycles. The molecule has 0 bridgehead atoms. The number of aryl methyl sites for hydroxylation is 1. The van der Waals surface area contributed by atoms with Gasteiger partial charge < -0.3 is 15.0 Å². The van der Waals surface area contributed by atoms with Crippen LogP contribution in [-0.2, 0) is 6.54 Å². The van der Waals surface area contributed by atoms with Crippen LogP contribution in [0.3, 0.4) is 0 Å². The van der Waals surface area contributed by atoms with Gasteiger partial charge in [-0.3, -0.25) is 4.79 Å². The maximum absolute atomic E-state index is 11.9. The molecule has 0 saturated heterocycles. The van der Waals surface area contributed by atoms with Gasteiger partial charge in [0.2, 0.25) is 0 Å². The summed E-state index contributed by atoms with van der Waals surface area (Å²) in [4.78, 5) is 11.9. The Bertz CT molecular complexity index is 638. The van der Waals surface area contributed by atoms with Crippen molar-refractivity contribution in [1.82, 2.24) is 4.57 Å². The zero-order chi connectivity index (χ0) is 13.8. The van der Waals surface area contributed by atoms with E-state index in [-0.39, 0.29) is 5.56 Å². The van der Waals surface area contributed by atoms with Gasteiger partial charge in [0.05, 0.1) is 12.2 Å². The number of hydrogen-bond acceptors (Lipinski definition) is 3. The Morgan fingerprint density at radius 1 is 1.37 bits per heavy atom. The van der Waals surface area contributed by atoms with Crippen molar-refractivity contribution in [2.75, 3.05) is 12.3 Å². The second-order valence-corrected chi connectivity index (χ2v) is 5.14. The normalized spacial score (nSPS) is 10.4. The van der Waals surface area contributed by atoms with E-state index in [1.807, 2.05) is 18.2 Å². The summed E-state index contributed by atoms with van der Waals surface area (Å²) in [6, 6.07) is 9.11. The molecule has 0 saturated carbocycles. The van der Waals surface area contributed by atoms with Crippen LogP contribution in [0.15, 0.2) is 45.8 Å². The molecule has 4 nitrogen and oxygen atoms in total. The fourth-order valence-corrected chi connectivity index (χ4v) is 2.36. The van der Waals surface area contributed by atoms with Gasteiger partial charge in [-0.05, 0) is 41.1 Å². The zero-order valence-electron chi connectivity index (χ0n) is 10.6. The number of para-hydroxylation sites is 2. The van der Waals surface area contributed by atoms with Crippen molar-refractivity contribution in [2.24, 2.45) is 0 Å². The highest BCUT2D eigenvalue weighted by Crippen LogP contribution is 2.19. The average molecular weight is 323 g/mol. The number of nitrogens with zero attached hydrogens (tertiary/aromatic N) is 1. The standard InChI is InChI=1S/C14H15BrN2O2/c1-10-8-11(15)9-17(14(10)18)6-7-19-13-5-3-2-4-12(13)16/h2-5,8-9H,6-7,16H2,1H3. The van der Waals surface area contributed by atoms with Gasteiger partial charge in [0, 0.05) is 16.2 Å². The van der Waals surface area contributed by atoms with Crippen molar-refractivity contribution < 1.29 is 4.74 Å². The topological polar surface area (TPSA) is 57.2 Å². The number of hydrogen-bond donors (Lipinski definition) is 1. The van der Waals surface area contributed by atoms with Gasteiger partial charge in [0.25, 0.3) is 5.56 Å². The molecule has 0 fully saturated rings. The maximum Gasteiger partial charge on any atom is 0.253 e. The molecular weight excluding hydrogens is 308 g/mol. The van der Waals surface area contributed by atoms with Crippen LogP contribution >= 0.6 is 15.9 Å². The van der Waals surface area contributed by atoms with Crippen LogP contribution in [0.4, 0.5) is 5.69 Å². The summed E-state index contributed by atoms with van der Waals surface area (Å²) in [7, 11) is 0. The molecule has 0 aliphatic rings. The number of nitrogen functional groups attached to an aromatic ring is 1. The number of pyridine rings is 1. The van der Waals surface area contributed by atoms with E-state index in [1.165, 1.54) is 0 Å². The highest BCUT2D eigenvalue weighted by atomic mass is 79.9. The quantitative estimate of drug-likeness (QED) is 0.880. The Kier molecular flexibility index (Phi) is 4.27. The molecule has 0 radical (unpaired) electrons. The Labute approximate surface area is 119 Å². The number of ether oxygens (including phenoxy) is 1. The molecule has 0 atom stereocenters. The first-order valence-electron chi connectivity index (χ1n) is 5.92. The Balaban J connectivity index is 2.04. The van der Waals surface area contributed by atoms with Gasteiger partial charge in [0.15, 0.2) is 0 Å². The molecule has 1 aromatic carbocycles. The highest BCUT2D eigenvalue weighted by molar-refractivity contribution is 9.10. The van der Waals surface area contributed by atoms with Crippen molar-refractivity contribution >= 4 is 21.6 Å². The minimum absolute atomic E-state index is 0.00664. The largest absolute Gasteiger partial charge is 0.490 e.